The summed E-state index contributed by atoms with van der Waals surface area (Å²) >= 11 is 7.49. The molecule has 0 radical (unpaired) electrons. The van der Waals surface area contributed by atoms with E-state index in [2.05, 4.69) is 10.3 Å². The quantitative estimate of drug-likeness (QED) is 0.723. The van der Waals surface area contributed by atoms with Gasteiger partial charge in [-0.05, 0) is 18.2 Å². The van der Waals surface area contributed by atoms with E-state index in [1.165, 1.54) is 16.2 Å². The zero-order chi connectivity index (χ0) is 18.8. The normalized spacial score (nSPS) is 13.1. The molecule has 2 aromatic carbocycles. The van der Waals surface area contributed by atoms with Crippen molar-refractivity contribution >= 4 is 45.6 Å². The zero-order valence-electron chi connectivity index (χ0n) is 14.0. The average Bonchev–Trinajstić information content (AvgIpc) is 3.12. The van der Waals surface area contributed by atoms with Crippen LogP contribution in [0.25, 0.3) is 11.3 Å². The van der Waals surface area contributed by atoms with E-state index in [9.17, 15) is 9.59 Å². The smallest absolute Gasteiger partial charge is 0.265 e. The first-order valence-electron chi connectivity index (χ1n) is 8.14. The monoisotopic (exact) mass is 399 g/mol. The molecule has 0 unspecified atom stereocenters. The second kappa shape index (κ2) is 7.38. The van der Waals surface area contributed by atoms with Crippen LogP contribution in [0.2, 0.25) is 5.02 Å². The van der Waals surface area contributed by atoms with Gasteiger partial charge >= 0.3 is 0 Å². The molecule has 4 rings (SSSR count). The van der Waals surface area contributed by atoms with E-state index < -0.39 is 0 Å². The highest BCUT2D eigenvalue weighted by Crippen LogP contribution is 2.32. The summed E-state index contributed by atoms with van der Waals surface area (Å²) in [5, 5.41) is 5.61. The lowest BCUT2D eigenvalue weighted by molar-refractivity contribution is -0.123. The first-order valence-corrected chi connectivity index (χ1v) is 9.40. The van der Waals surface area contributed by atoms with Crippen molar-refractivity contribution in [1.82, 2.24) is 4.98 Å². The summed E-state index contributed by atoms with van der Waals surface area (Å²) in [5.74, 6) is -0.0139. The summed E-state index contributed by atoms with van der Waals surface area (Å²) in [6.07, 6.45) is 0. The Kier molecular flexibility index (Phi) is 4.79. The summed E-state index contributed by atoms with van der Waals surface area (Å²) in [4.78, 5) is 30.4. The number of hydrogen-bond donors (Lipinski definition) is 1. The van der Waals surface area contributed by atoms with E-state index in [1.807, 2.05) is 29.6 Å². The molecule has 0 atom stereocenters. The third-order valence-corrected chi connectivity index (χ3v) is 5.10. The Labute approximate surface area is 164 Å². The lowest BCUT2D eigenvalue weighted by atomic mass is 10.2. The summed E-state index contributed by atoms with van der Waals surface area (Å²) in [5.41, 5.74) is 2.07. The number of nitrogens with one attached hydrogen (secondary N) is 1. The van der Waals surface area contributed by atoms with Crippen LogP contribution in [-0.2, 0) is 9.59 Å². The predicted octanol–water partition coefficient (Wildman–Crippen LogP) is 3.83. The van der Waals surface area contributed by atoms with E-state index in [0.29, 0.717) is 27.3 Å². The largest absolute Gasteiger partial charge is 0.482 e. The van der Waals surface area contributed by atoms with Crippen LogP contribution in [0.1, 0.15) is 0 Å². The maximum atomic E-state index is 12.4. The Bertz CT molecular complexity index is 1020. The molecule has 2 heterocycles. The molecular formula is C19H14ClN3O3S. The van der Waals surface area contributed by atoms with Crippen molar-refractivity contribution in [2.75, 3.05) is 23.4 Å². The van der Waals surface area contributed by atoms with Crippen LogP contribution >= 0.6 is 22.9 Å². The number of carbonyl (C=O) groups excluding carboxylic acids is 2. The lowest BCUT2D eigenvalue weighted by Crippen LogP contribution is -2.43. The topological polar surface area (TPSA) is 71.5 Å². The Morgan fingerprint density at radius 1 is 1.22 bits per heavy atom. The van der Waals surface area contributed by atoms with Gasteiger partial charge < -0.3 is 10.1 Å². The van der Waals surface area contributed by atoms with Gasteiger partial charge in [-0.25, -0.2) is 4.98 Å². The summed E-state index contributed by atoms with van der Waals surface area (Å²) in [6.45, 7) is -0.196. The molecule has 1 aliphatic heterocycles. The van der Waals surface area contributed by atoms with Crippen LogP contribution in [0.4, 0.5) is 10.8 Å². The number of ether oxygens (including phenoxy) is 1. The van der Waals surface area contributed by atoms with E-state index >= 15 is 0 Å². The van der Waals surface area contributed by atoms with Crippen LogP contribution in [0.3, 0.4) is 0 Å². The SMILES string of the molecule is O=C(CN1C(=O)COc2ccccc21)Nc1nc(-c2ccccc2Cl)cs1. The number of halogens is 1. The summed E-state index contributed by atoms with van der Waals surface area (Å²) in [7, 11) is 0. The molecule has 1 aliphatic rings. The van der Waals surface area contributed by atoms with Crippen LogP contribution in [0.5, 0.6) is 5.75 Å². The molecular weight excluding hydrogens is 386 g/mol. The van der Waals surface area contributed by atoms with E-state index in [0.717, 1.165) is 5.56 Å². The highest BCUT2D eigenvalue weighted by molar-refractivity contribution is 7.14. The first-order chi connectivity index (χ1) is 13.1. The number of thiazole rings is 1. The lowest BCUT2D eigenvalue weighted by Gasteiger charge is -2.28. The van der Waals surface area contributed by atoms with Gasteiger partial charge in [-0.2, -0.15) is 0 Å². The van der Waals surface area contributed by atoms with Gasteiger partial charge in [0.1, 0.15) is 12.3 Å². The zero-order valence-corrected chi connectivity index (χ0v) is 15.6. The summed E-state index contributed by atoms with van der Waals surface area (Å²) < 4.78 is 5.38. The number of hydrogen-bond acceptors (Lipinski definition) is 5. The Hall–Kier alpha value is -2.90. The Morgan fingerprint density at radius 2 is 2.00 bits per heavy atom. The minimum Gasteiger partial charge on any atom is -0.482 e. The van der Waals surface area contributed by atoms with Crippen molar-refractivity contribution in [1.29, 1.82) is 0 Å². The van der Waals surface area contributed by atoms with Crippen LogP contribution < -0.4 is 15.0 Å². The third kappa shape index (κ3) is 3.65. The number of fused-ring (bicyclic) bond motifs is 1. The molecule has 0 aliphatic carbocycles. The van der Waals surface area contributed by atoms with Gasteiger partial charge in [-0.3, -0.25) is 14.5 Å². The van der Waals surface area contributed by atoms with Crippen molar-refractivity contribution in [2.24, 2.45) is 0 Å². The van der Waals surface area contributed by atoms with Crippen molar-refractivity contribution in [3.8, 4) is 17.0 Å². The van der Waals surface area contributed by atoms with Crippen molar-refractivity contribution in [3.05, 3.63) is 58.9 Å². The van der Waals surface area contributed by atoms with Crippen LogP contribution in [0, 0.1) is 0 Å². The molecule has 0 saturated heterocycles. The number of benzene rings is 2. The minimum atomic E-state index is -0.333. The maximum Gasteiger partial charge on any atom is 0.265 e. The van der Waals surface area contributed by atoms with Gasteiger partial charge in [-0.1, -0.05) is 41.9 Å². The number of rotatable bonds is 4. The number of amides is 2. The molecule has 0 saturated carbocycles. The molecule has 136 valence electrons. The van der Waals surface area contributed by atoms with Gasteiger partial charge in [0.25, 0.3) is 5.91 Å². The highest BCUT2D eigenvalue weighted by atomic mass is 35.5. The average molecular weight is 400 g/mol. The number of nitrogens with zero attached hydrogens (tertiary/aromatic N) is 2. The summed E-state index contributed by atoms with van der Waals surface area (Å²) in [6, 6.07) is 14.5. The molecule has 27 heavy (non-hydrogen) atoms. The second-order valence-corrected chi connectivity index (χ2v) is 7.07. The molecule has 6 nitrogen and oxygen atoms in total. The molecule has 3 aromatic rings. The Morgan fingerprint density at radius 3 is 2.85 bits per heavy atom. The fourth-order valence-corrected chi connectivity index (χ4v) is 3.71. The van der Waals surface area contributed by atoms with Crippen LogP contribution in [0.15, 0.2) is 53.9 Å². The standard InChI is InChI=1S/C19H14ClN3O3S/c20-13-6-2-1-5-12(13)14-11-27-19(21-14)22-17(24)9-23-15-7-3-4-8-16(15)26-10-18(23)25/h1-8,11H,9-10H2,(H,21,22,24). The molecule has 1 N–H and O–H groups in total. The molecule has 0 spiro atoms. The molecule has 1 aromatic heterocycles. The van der Waals surface area contributed by atoms with Crippen molar-refractivity contribution in [3.63, 3.8) is 0 Å². The van der Waals surface area contributed by atoms with E-state index in [1.54, 1.807) is 24.3 Å². The maximum absolute atomic E-state index is 12.4. The van der Waals surface area contributed by atoms with Crippen molar-refractivity contribution in [2.45, 2.75) is 0 Å². The Balaban J connectivity index is 1.48. The molecule has 8 heteroatoms. The molecule has 0 fully saturated rings. The fourth-order valence-electron chi connectivity index (χ4n) is 2.75. The number of para-hydroxylation sites is 2. The second-order valence-electron chi connectivity index (χ2n) is 5.80. The van der Waals surface area contributed by atoms with Crippen LogP contribution in [-0.4, -0.2) is 29.9 Å². The molecule has 2 amide bonds. The van der Waals surface area contributed by atoms with Gasteiger partial charge in [0.2, 0.25) is 5.91 Å². The van der Waals surface area contributed by atoms with E-state index in [4.69, 9.17) is 16.3 Å². The van der Waals surface area contributed by atoms with Crippen molar-refractivity contribution < 1.29 is 14.3 Å². The number of anilines is 2. The first kappa shape index (κ1) is 17.5. The third-order valence-electron chi connectivity index (χ3n) is 4.01. The van der Waals surface area contributed by atoms with E-state index in [-0.39, 0.29) is 25.0 Å². The number of carbonyl (C=O) groups is 2. The van der Waals surface area contributed by atoms with Gasteiger partial charge in [0.05, 0.1) is 11.4 Å². The molecule has 0 bridgehead atoms. The fraction of sp³-hybridized carbons (Fsp3) is 0.105. The minimum absolute atomic E-state index is 0.0851. The number of aromatic nitrogens is 1. The van der Waals surface area contributed by atoms with Gasteiger partial charge in [-0.15, -0.1) is 11.3 Å². The van der Waals surface area contributed by atoms with Gasteiger partial charge in [0, 0.05) is 16.0 Å². The highest BCUT2D eigenvalue weighted by Gasteiger charge is 2.27. The van der Waals surface area contributed by atoms with Gasteiger partial charge in [0.15, 0.2) is 11.7 Å². The predicted molar refractivity (Wildman–Crippen MR) is 105 cm³/mol.